The zero-order valence-electron chi connectivity index (χ0n) is 19.8. The van der Waals surface area contributed by atoms with Gasteiger partial charge in [0.1, 0.15) is 28.5 Å². The Balaban J connectivity index is 1.54. The number of piperazine rings is 1. The zero-order chi connectivity index (χ0) is 25.3. The summed E-state index contributed by atoms with van der Waals surface area (Å²) in [6, 6.07) is 11.3. The summed E-state index contributed by atoms with van der Waals surface area (Å²) in [6.45, 7) is 5.10. The van der Waals surface area contributed by atoms with E-state index < -0.39 is 20.7 Å². The van der Waals surface area contributed by atoms with Gasteiger partial charge < -0.3 is 15.0 Å². The topological polar surface area (TPSA) is 109 Å². The maximum absolute atomic E-state index is 14.4. The molecule has 1 aliphatic rings. The molecular weight excluding hydrogens is 483 g/mol. The molecule has 0 spiro atoms. The number of hydrogen-bond donors (Lipinski definition) is 2. The van der Waals surface area contributed by atoms with Crippen LogP contribution in [-0.2, 0) is 10.0 Å². The van der Waals surface area contributed by atoms with Crippen molar-refractivity contribution >= 4 is 32.4 Å². The van der Waals surface area contributed by atoms with Crippen LogP contribution in [-0.4, -0.2) is 56.7 Å². The summed E-state index contributed by atoms with van der Waals surface area (Å²) in [5.41, 5.74) is 2.97. The third-order valence-corrected chi connectivity index (χ3v) is 7.43. The van der Waals surface area contributed by atoms with E-state index in [1.165, 1.54) is 25.3 Å². The van der Waals surface area contributed by atoms with E-state index in [1.807, 2.05) is 18.2 Å². The highest BCUT2D eigenvalue weighted by Crippen LogP contribution is 2.33. The molecule has 5 rings (SSSR count). The van der Waals surface area contributed by atoms with E-state index in [9.17, 15) is 12.8 Å². The molecule has 36 heavy (non-hydrogen) atoms. The van der Waals surface area contributed by atoms with Crippen LogP contribution in [0.1, 0.15) is 5.56 Å². The van der Waals surface area contributed by atoms with E-state index in [-0.39, 0.29) is 11.6 Å². The Morgan fingerprint density at radius 1 is 1.03 bits per heavy atom. The molecule has 0 atom stereocenters. The minimum atomic E-state index is -4.23. The lowest BCUT2D eigenvalue weighted by atomic mass is 10.0. The van der Waals surface area contributed by atoms with Crippen molar-refractivity contribution in [2.45, 2.75) is 11.8 Å². The normalized spacial score (nSPS) is 14.1. The molecule has 2 N–H and O–H groups in total. The molecule has 11 heteroatoms. The molecule has 0 bridgehead atoms. The maximum Gasteiger partial charge on any atom is 0.264 e. The minimum Gasteiger partial charge on any atom is -0.480 e. The molecule has 0 aliphatic carbocycles. The van der Waals surface area contributed by atoms with E-state index >= 15 is 0 Å². The summed E-state index contributed by atoms with van der Waals surface area (Å²) in [4.78, 5) is 15.0. The number of rotatable bonds is 6. The van der Waals surface area contributed by atoms with E-state index in [0.29, 0.717) is 11.1 Å². The molecule has 1 fully saturated rings. The first-order valence-corrected chi connectivity index (χ1v) is 12.9. The largest absolute Gasteiger partial charge is 0.480 e. The van der Waals surface area contributed by atoms with Gasteiger partial charge in [0, 0.05) is 43.3 Å². The average Bonchev–Trinajstić information content (AvgIpc) is 2.88. The van der Waals surface area contributed by atoms with E-state index in [1.54, 1.807) is 25.5 Å². The number of halogens is 1. The van der Waals surface area contributed by atoms with Crippen molar-refractivity contribution in [3.05, 3.63) is 66.4 Å². The summed E-state index contributed by atoms with van der Waals surface area (Å²) in [7, 11) is -2.84. The van der Waals surface area contributed by atoms with Crippen LogP contribution in [0.3, 0.4) is 0 Å². The standard InChI is InChI=1S/C25H25FN6O3S/c1-16-3-6-23(20(26)11-16)36(33,34)31-22-13-18(14-28-25(22)35-2)17-4-5-21-19(12-17)24(30-15-29-21)32-9-7-27-8-10-32/h3-6,11-15,27,31H,7-10H2,1-2H3. The predicted molar refractivity (Wildman–Crippen MR) is 136 cm³/mol. The number of fused-ring (bicyclic) bond motifs is 1. The smallest absolute Gasteiger partial charge is 0.264 e. The Bertz CT molecular complexity index is 1540. The number of sulfonamides is 1. The summed E-state index contributed by atoms with van der Waals surface area (Å²) >= 11 is 0. The van der Waals surface area contributed by atoms with Crippen molar-refractivity contribution in [2.24, 2.45) is 0 Å². The number of nitrogens with zero attached hydrogens (tertiary/aromatic N) is 4. The lowest BCUT2D eigenvalue weighted by Gasteiger charge is -2.29. The van der Waals surface area contributed by atoms with Crippen LogP contribution in [0, 0.1) is 12.7 Å². The quantitative estimate of drug-likeness (QED) is 0.408. The van der Waals surface area contributed by atoms with Gasteiger partial charge in [-0.25, -0.2) is 27.8 Å². The zero-order valence-corrected chi connectivity index (χ0v) is 20.6. The Hall–Kier alpha value is -3.83. The molecule has 1 aliphatic heterocycles. The third-order valence-electron chi connectivity index (χ3n) is 6.03. The minimum absolute atomic E-state index is 0.0699. The van der Waals surface area contributed by atoms with Crippen molar-refractivity contribution in [1.29, 1.82) is 0 Å². The molecule has 0 radical (unpaired) electrons. The van der Waals surface area contributed by atoms with Gasteiger partial charge in [-0.2, -0.15) is 0 Å². The number of nitrogens with one attached hydrogen (secondary N) is 2. The monoisotopic (exact) mass is 508 g/mol. The number of hydrogen-bond acceptors (Lipinski definition) is 8. The van der Waals surface area contributed by atoms with E-state index in [2.05, 4.69) is 29.9 Å². The Kier molecular flexibility index (Phi) is 6.42. The first kappa shape index (κ1) is 23.9. The molecule has 2 aromatic carbocycles. The first-order chi connectivity index (χ1) is 17.4. The van der Waals surface area contributed by atoms with Gasteiger partial charge in [-0.05, 0) is 48.4 Å². The van der Waals surface area contributed by atoms with Crippen molar-refractivity contribution in [3.8, 4) is 17.0 Å². The maximum atomic E-state index is 14.4. The fourth-order valence-electron chi connectivity index (χ4n) is 4.22. The highest BCUT2D eigenvalue weighted by Gasteiger charge is 2.22. The van der Waals surface area contributed by atoms with Gasteiger partial charge in [-0.1, -0.05) is 12.1 Å². The van der Waals surface area contributed by atoms with Gasteiger partial charge in [0.2, 0.25) is 5.88 Å². The fourth-order valence-corrected chi connectivity index (χ4v) is 5.33. The number of pyridine rings is 1. The van der Waals surface area contributed by atoms with Gasteiger partial charge in [-0.3, -0.25) is 4.72 Å². The Labute approximate surface area is 208 Å². The molecular formula is C25H25FN6O3S. The first-order valence-electron chi connectivity index (χ1n) is 11.4. The van der Waals surface area contributed by atoms with Gasteiger partial charge >= 0.3 is 0 Å². The van der Waals surface area contributed by atoms with Crippen LogP contribution in [0.5, 0.6) is 5.88 Å². The van der Waals surface area contributed by atoms with Crippen molar-refractivity contribution < 1.29 is 17.5 Å². The SMILES string of the molecule is COc1ncc(-c2ccc3ncnc(N4CCNCC4)c3c2)cc1NS(=O)(=O)c1ccc(C)cc1F. The van der Waals surface area contributed by atoms with E-state index in [0.717, 1.165) is 48.5 Å². The van der Waals surface area contributed by atoms with Gasteiger partial charge in [0.25, 0.3) is 10.0 Å². The number of methoxy groups -OCH3 is 1. The molecule has 0 unspecified atom stereocenters. The summed E-state index contributed by atoms with van der Waals surface area (Å²) in [5, 5.41) is 4.22. The predicted octanol–water partition coefficient (Wildman–Crippen LogP) is 3.36. The number of aryl methyl sites for hydroxylation is 1. The van der Waals surface area contributed by atoms with Crippen molar-refractivity contribution in [3.63, 3.8) is 0 Å². The average molecular weight is 509 g/mol. The Morgan fingerprint density at radius 3 is 2.58 bits per heavy atom. The molecule has 9 nitrogen and oxygen atoms in total. The second-order valence-electron chi connectivity index (χ2n) is 8.49. The second-order valence-corrected chi connectivity index (χ2v) is 10.1. The molecule has 0 saturated carbocycles. The molecule has 2 aromatic heterocycles. The highest BCUT2D eigenvalue weighted by molar-refractivity contribution is 7.92. The van der Waals surface area contributed by atoms with Crippen LogP contribution in [0.4, 0.5) is 15.9 Å². The van der Waals surface area contributed by atoms with Crippen molar-refractivity contribution in [2.75, 3.05) is 42.9 Å². The molecule has 4 aromatic rings. The number of anilines is 2. The molecule has 0 amide bonds. The fraction of sp³-hybridized carbons (Fsp3) is 0.240. The van der Waals surface area contributed by atoms with Gasteiger partial charge in [0.05, 0.1) is 12.6 Å². The highest BCUT2D eigenvalue weighted by atomic mass is 32.2. The van der Waals surface area contributed by atoms with Crippen LogP contribution in [0.2, 0.25) is 0 Å². The van der Waals surface area contributed by atoms with Gasteiger partial charge in [-0.15, -0.1) is 0 Å². The van der Waals surface area contributed by atoms with Crippen LogP contribution in [0.15, 0.2) is 59.9 Å². The second kappa shape index (κ2) is 9.67. The van der Waals surface area contributed by atoms with Gasteiger partial charge in [0.15, 0.2) is 0 Å². The molecule has 1 saturated heterocycles. The summed E-state index contributed by atoms with van der Waals surface area (Å²) in [6.07, 6.45) is 3.16. The number of ether oxygens (including phenoxy) is 1. The van der Waals surface area contributed by atoms with Crippen LogP contribution < -0.4 is 19.7 Å². The lowest BCUT2D eigenvalue weighted by Crippen LogP contribution is -2.44. The Morgan fingerprint density at radius 2 is 1.83 bits per heavy atom. The summed E-state index contributed by atoms with van der Waals surface area (Å²) in [5.74, 6) is 0.0848. The van der Waals surface area contributed by atoms with E-state index in [4.69, 9.17) is 4.74 Å². The lowest BCUT2D eigenvalue weighted by molar-refractivity contribution is 0.400. The van der Waals surface area contributed by atoms with Crippen LogP contribution in [0.25, 0.3) is 22.0 Å². The van der Waals surface area contributed by atoms with Crippen LogP contribution >= 0.6 is 0 Å². The molecule has 186 valence electrons. The third kappa shape index (κ3) is 4.67. The summed E-state index contributed by atoms with van der Waals surface area (Å²) < 4.78 is 48.1. The number of benzene rings is 2. The molecule has 3 heterocycles. The number of aromatic nitrogens is 3. The van der Waals surface area contributed by atoms with Crippen molar-refractivity contribution in [1.82, 2.24) is 20.3 Å².